The largest absolute Gasteiger partial charge is 0.361 e. The molecule has 5 nitrogen and oxygen atoms in total. The van der Waals surface area contributed by atoms with Crippen LogP contribution < -0.4 is 5.73 Å². The Labute approximate surface area is 85.9 Å². The van der Waals surface area contributed by atoms with Crippen LogP contribution in [-0.2, 0) is 0 Å². The second-order valence-electron chi connectivity index (χ2n) is 2.91. The minimum absolute atomic E-state index is 0.215. The molecule has 74 valence electrons. The van der Waals surface area contributed by atoms with Crippen molar-refractivity contribution in [2.45, 2.75) is 0 Å². The molecule has 0 saturated carbocycles. The lowest BCUT2D eigenvalue weighted by Gasteiger charge is -1.94. The smallest absolute Gasteiger partial charge is 0.316 e. The molecule has 0 bridgehead atoms. The van der Waals surface area contributed by atoms with Crippen LogP contribution in [0, 0.1) is 6.92 Å². The Morgan fingerprint density at radius 2 is 2.27 bits per heavy atom. The van der Waals surface area contributed by atoms with Crippen LogP contribution in [0.2, 0.25) is 0 Å². The Kier molecular flexibility index (Phi) is 2.21. The fraction of sp³-hybridized carbons (Fsp3) is 0. The molecule has 2 N–H and O–H groups in total. The fourth-order valence-corrected chi connectivity index (χ4v) is 1.12. The zero-order valence-corrected chi connectivity index (χ0v) is 7.68. The summed E-state index contributed by atoms with van der Waals surface area (Å²) >= 11 is 0. The van der Waals surface area contributed by atoms with Gasteiger partial charge in [0.25, 0.3) is 0 Å². The monoisotopic (exact) mass is 201 g/mol. The highest BCUT2D eigenvalue weighted by Crippen LogP contribution is 2.16. The van der Waals surface area contributed by atoms with Crippen LogP contribution in [0.4, 0.5) is 0 Å². The lowest BCUT2D eigenvalue weighted by molar-refractivity contribution is 0.0958. The van der Waals surface area contributed by atoms with Crippen molar-refractivity contribution in [1.82, 2.24) is 10.1 Å². The van der Waals surface area contributed by atoms with E-state index in [1.807, 2.05) is 0 Å². The zero-order chi connectivity index (χ0) is 10.8. The van der Waals surface area contributed by atoms with Gasteiger partial charge < -0.3 is 10.3 Å². The number of primary amides is 1. The highest BCUT2D eigenvalue weighted by Gasteiger charge is 2.12. The summed E-state index contributed by atoms with van der Waals surface area (Å²) in [7, 11) is 0. The molecule has 0 aliphatic carbocycles. The molecule has 0 aliphatic rings. The predicted octanol–water partition coefficient (Wildman–Crippen LogP) is 0.895. The molecule has 5 heteroatoms. The summed E-state index contributed by atoms with van der Waals surface area (Å²) < 4.78 is 4.64. The zero-order valence-electron chi connectivity index (χ0n) is 7.68. The molecule has 0 unspecified atom stereocenters. The Hall–Kier alpha value is -2.17. The summed E-state index contributed by atoms with van der Waals surface area (Å²) in [5.74, 6) is -0.679. The summed E-state index contributed by atoms with van der Waals surface area (Å²) in [6.45, 7) is 5.58. The maximum Gasteiger partial charge on any atom is 0.316 e. The van der Waals surface area contributed by atoms with Gasteiger partial charge in [0.05, 0.1) is 0 Å². The van der Waals surface area contributed by atoms with E-state index in [9.17, 15) is 4.79 Å². The summed E-state index contributed by atoms with van der Waals surface area (Å²) in [6.07, 6.45) is 0. The van der Waals surface area contributed by atoms with Crippen molar-refractivity contribution < 1.29 is 9.32 Å². The molecule has 2 radical (unpaired) electrons. The van der Waals surface area contributed by atoms with Gasteiger partial charge in [0.15, 0.2) is 0 Å². The highest BCUT2D eigenvalue weighted by molar-refractivity contribution is 5.88. The van der Waals surface area contributed by atoms with Crippen LogP contribution in [0.1, 0.15) is 16.2 Å². The van der Waals surface area contributed by atoms with Crippen LogP contribution in [0.15, 0.2) is 28.8 Å². The highest BCUT2D eigenvalue weighted by atomic mass is 16.5. The maximum atomic E-state index is 10.7. The average molecular weight is 201 g/mol. The standard InChI is InChI=1S/C10H7N3O2/c1-6-3-2-4-7(5-6)9-12-10(8(11)14)15-13-9/h1-5H,(H2,11,14). The van der Waals surface area contributed by atoms with Crippen LogP contribution >= 0.6 is 0 Å². The lowest BCUT2D eigenvalue weighted by Crippen LogP contribution is -2.10. The molecule has 0 aliphatic heterocycles. The minimum atomic E-state index is -0.752. The SMILES string of the molecule is [CH]c1cccc(-c2noc(C(N)=O)n2)c1. The molecule has 0 atom stereocenters. The summed E-state index contributed by atoms with van der Waals surface area (Å²) in [4.78, 5) is 14.5. The summed E-state index contributed by atoms with van der Waals surface area (Å²) in [5, 5.41) is 3.61. The van der Waals surface area contributed by atoms with Gasteiger partial charge in [-0.3, -0.25) is 4.79 Å². The maximum absolute atomic E-state index is 10.7. The van der Waals surface area contributed by atoms with Gasteiger partial charge in [-0.1, -0.05) is 23.4 Å². The third kappa shape index (κ3) is 1.85. The summed E-state index contributed by atoms with van der Waals surface area (Å²) in [5.41, 5.74) is 6.23. The molecule has 1 aromatic carbocycles. The molecule has 0 fully saturated rings. The summed E-state index contributed by atoms with van der Waals surface area (Å²) in [6, 6.07) is 6.92. The van der Waals surface area contributed by atoms with Gasteiger partial charge in [-0.15, -0.1) is 0 Å². The first-order valence-corrected chi connectivity index (χ1v) is 4.16. The first kappa shape index (κ1) is 9.39. The first-order chi connectivity index (χ1) is 7.16. The van der Waals surface area contributed by atoms with Crippen LogP contribution in [0.5, 0.6) is 0 Å². The van der Waals surface area contributed by atoms with E-state index in [4.69, 9.17) is 12.7 Å². The molecular weight excluding hydrogens is 194 g/mol. The molecule has 1 aromatic heterocycles. The van der Waals surface area contributed by atoms with E-state index >= 15 is 0 Å². The molecule has 2 aromatic rings. The Morgan fingerprint density at radius 1 is 1.47 bits per heavy atom. The number of nitrogens with two attached hydrogens (primary N) is 1. The Morgan fingerprint density at radius 3 is 2.87 bits per heavy atom. The van der Waals surface area contributed by atoms with E-state index in [1.165, 1.54) is 0 Å². The van der Waals surface area contributed by atoms with Crippen molar-refractivity contribution in [3.05, 3.63) is 42.6 Å². The number of benzene rings is 1. The fourth-order valence-electron chi connectivity index (χ4n) is 1.12. The molecule has 1 amide bonds. The van der Waals surface area contributed by atoms with E-state index in [1.54, 1.807) is 24.3 Å². The van der Waals surface area contributed by atoms with Crippen molar-refractivity contribution >= 4 is 5.91 Å². The van der Waals surface area contributed by atoms with Gasteiger partial charge in [-0.05, 0) is 18.6 Å². The van der Waals surface area contributed by atoms with Gasteiger partial charge in [0.2, 0.25) is 5.82 Å². The van der Waals surface area contributed by atoms with E-state index in [0.29, 0.717) is 11.1 Å². The lowest BCUT2D eigenvalue weighted by atomic mass is 10.1. The number of hydrogen-bond acceptors (Lipinski definition) is 4. The van der Waals surface area contributed by atoms with Gasteiger partial charge in [0.1, 0.15) is 0 Å². The molecular formula is C10H7N3O2. The molecule has 1 heterocycles. The third-order valence-corrected chi connectivity index (χ3v) is 1.78. The van der Waals surface area contributed by atoms with E-state index in [2.05, 4.69) is 14.7 Å². The topological polar surface area (TPSA) is 82.0 Å². The quantitative estimate of drug-likeness (QED) is 0.782. The number of aromatic nitrogens is 2. The average Bonchev–Trinajstić information content (AvgIpc) is 2.66. The Bertz CT molecular complexity index is 505. The Balaban J connectivity index is 2.41. The minimum Gasteiger partial charge on any atom is -0.361 e. The van der Waals surface area contributed by atoms with Crippen molar-refractivity contribution in [3.63, 3.8) is 0 Å². The van der Waals surface area contributed by atoms with Crippen LogP contribution in [0.25, 0.3) is 11.4 Å². The molecule has 0 spiro atoms. The second-order valence-corrected chi connectivity index (χ2v) is 2.91. The van der Waals surface area contributed by atoms with E-state index < -0.39 is 5.91 Å². The van der Waals surface area contributed by atoms with Crippen molar-refractivity contribution in [3.8, 4) is 11.4 Å². The van der Waals surface area contributed by atoms with Crippen LogP contribution in [-0.4, -0.2) is 16.0 Å². The van der Waals surface area contributed by atoms with Crippen molar-refractivity contribution in [2.24, 2.45) is 5.73 Å². The molecule has 15 heavy (non-hydrogen) atoms. The predicted molar refractivity (Wildman–Crippen MR) is 51.7 cm³/mol. The van der Waals surface area contributed by atoms with Crippen LogP contribution in [0.3, 0.4) is 0 Å². The number of carbonyl (C=O) groups is 1. The van der Waals surface area contributed by atoms with Crippen molar-refractivity contribution in [2.75, 3.05) is 0 Å². The second kappa shape index (κ2) is 3.53. The normalized spacial score (nSPS) is 10.2. The number of rotatable bonds is 2. The van der Waals surface area contributed by atoms with Gasteiger partial charge >= 0.3 is 11.8 Å². The number of hydrogen-bond donors (Lipinski definition) is 1. The van der Waals surface area contributed by atoms with E-state index in [-0.39, 0.29) is 11.7 Å². The van der Waals surface area contributed by atoms with Crippen molar-refractivity contribution in [1.29, 1.82) is 0 Å². The number of amides is 1. The number of nitrogens with zero attached hydrogens (tertiary/aromatic N) is 2. The number of carbonyl (C=O) groups excluding carboxylic acids is 1. The van der Waals surface area contributed by atoms with Gasteiger partial charge in [0, 0.05) is 5.56 Å². The molecule has 2 rings (SSSR count). The first-order valence-electron chi connectivity index (χ1n) is 4.16. The third-order valence-electron chi connectivity index (χ3n) is 1.78. The van der Waals surface area contributed by atoms with Gasteiger partial charge in [-0.2, -0.15) is 4.98 Å². The van der Waals surface area contributed by atoms with E-state index in [0.717, 1.165) is 0 Å². The van der Waals surface area contributed by atoms with Gasteiger partial charge in [-0.25, -0.2) is 0 Å². The molecule has 0 saturated heterocycles.